The molecule has 0 saturated heterocycles. The molecule has 3 aromatic rings. The van der Waals surface area contributed by atoms with Crippen LogP contribution in [0.5, 0.6) is 0 Å². The number of fused-ring (bicyclic) bond motifs is 1. The highest BCUT2D eigenvalue weighted by atomic mass is 16.1. The van der Waals surface area contributed by atoms with Crippen molar-refractivity contribution in [3.05, 3.63) is 77.9 Å². The molecule has 0 unspecified atom stereocenters. The first-order valence-electron chi connectivity index (χ1n) is 8.29. The highest BCUT2D eigenvalue weighted by molar-refractivity contribution is 6.07. The van der Waals surface area contributed by atoms with Gasteiger partial charge in [0.2, 0.25) is 5.91 Å². The van der Waals surface area contributed by atoms with Crippen molar-refractivity contribution in [1.82, 2.24) is 14.8 Å². The quantitative estimate of drug-likeness (QED) is 0.583. The monoisotopic (exact) mass is 344 g/mol. The van der Waals surface area contributed by atoms with E-state index in [2.05, 4.69) is 15.4 Å². The second kappa shape index (κ2) is 6.76. The van der Waals surface area contributed by atoms with Gasteiger partial charge in [-0.3, -0.25) is 9.59 Å². The number of hydrogen-bond acceptors (Lipinski definition) is 4. The van der Waals surface area contributed by atoms with Crippen LogP contribution >= 0.6 is 0 Å². The smallest absolute Gasteiger partial charge is 0.224 e. The lowest BCUT2D eigenvalue weighted by molar-refractivity contribution is -0.116. The fraction of sp³-hybridized carbons (Fsp3) is 0.100. The number of allylic oxidation sites excluding steroid dienone is 1. The van der Waals surface area contributed by atoms with E-state index in [1.54, 1.807) is 35.3 Å². The number of anilines is 1. The van der Waals surface area contributed by atoms with E-state index in [1.807, 2.05) is 30.3 Å². The molecule has 0 spiro atoms. The Labute approximate surface area is 150 Å². The maximum absolute atomic E-state index is 12.4. The maximum Gasteiger partial charge on any atom is 0.224 e. The molecule has 1 aliphatic heterocycles. The zero-order chi connectivity index (χ0) is 17.9. The summed E-state index contributed by atoms with van der Waals surface area (Å²) < 4.78 is 1.67. The first-order valence-corrected chi connectivity index (χ1v) is 8.29. The lowest BCUT2D eigenvalue weighted by atomic mass is 9.98. The number of carbonyl (C=O) groups excluding carboxylic acids is 2. The summed E-state index contributed by atoms with van der Waals surface area (Å²) in [5, 5.41) is 6.90. The summed E-state index contributed by atoms with van der Waals surface area (Å²) in [5.41, 5.74) is 4.25. The number of nitrogens with one attached hydrogen (secondary N) is 1. The Kier molecular flexibility index (Phi) is 4.15. The van der Waals surface area contributed by atoms with Gasteiger partial charge in [0.05, 0.1) is 5.69 Å². The average Bonchev–Trinajstić information content (AvgIpc) is 3.21. The number of ketones is 1. The largest absolute Gasteiger partial charge is 0.326 e. The number of amides is 1. The molecule has 2 heterocycles. The van der Waals surface area contributed by atoms with Gasteiger partial charge in [0, 0.05) is 17.7 Å². The van der Waals surface area contributed by atoms with Crippen molar-refractivity contribution in [2.75, 3.05) is 5.32 Å². The maximum atomic E-state index is 12.4. The summed E-state index contributed by atoms with van der Waals surface area (Å²) in [6.07, 6.45) is 7.58. The van der Waals surface area contributed by atoms with Crippen LogP contribution in [-0.4, -0.2) is 26.5 Å². The fourth-order valence-corrected chi connectivity index (χ4v) is 2.88. The van der Waals surface area contributed by atoms with Crippen molar-refractivity contribution in [3.8, 4) is 5.69 Å². The molecule has 0 aliphatic carbocycles. The predicted molar refractivity (Wildman–Crippen MR) is 98.1 cm³/mol. The molecule has 0 atom stereocenters. The third-order valence-electron chi connectivity index (χ3n) is 4.29. The van der Waals surface area contributed by atoms with Crippen LogP contribution in [0.1, 0.15) is 27.9 Å². The first kappa shape index (κ1) is 16.0. The topological polar surface area (TPSA) is 76.9 Å². The molecule has 6 heteroatoms. The van der Waals surface area contributed by atoms with E-state index < -0.39 is 0 Å². The van der Waals surface area contributed by atoms with Crippen molar-refractivity contribution < 1.29 is 9.59 Å². The summed E-state index contributed by atoms with van der Waals surface area (Å²) in [4.78, 5) is 27.7. The average molecular weight is 344 g/mol. The van der Waals surface area contributed by atoms with Crippen LogP contribution < -0.4 is 5.32 Å². The molecule has 26 heavy (non-hydrogen) atoms. The number of carbonyl (C=O) groups is 2. The van der Waals surface area contributed by atoms with E-state index in [0.29, 0.717) is 18.4 Å². The predicted octanol–water partition coefficient (Wildman–Crippen LogP) is 3.05. The lowest BCUT2D eigenvalue weighted by Gasteiger charge is -2.16. The van der Waals surface area contributed by atoms with E-state index in [9.17, 15) is 9.59 Å². The molecule has 2 aromatic carbocycles. The van der Waals surface area contributed by atoms with Crippen molar-refractivity contribution in [1.29, 1.82) is 0 Å². The van der Waals surface area contributed by atoms with Gasteiger partial charge >= 0.3 is 0 Å². The van der Waals surface area contributed by atoms with Gasteiger partial charge in [-0.15, -0.1) is 0 Å². The molecular formula is C20H16N4O2. The molecule has 0 saturated carbocycles. The number of nitrogens with zero attached hydrogens (tertiary/aromatic N) is 3. The molecule has 0 fully saturated rings. The van der Waals surface area contributed by atoms with Crippen LogP contribution in [0.25, 0.3) is 11.8 Å². The van der Waals surface area contributed by atoms with Gasteiger partial charge < -0.3 is 5.32 Å². The number of aryl methyl sites for hydroxylation is 1. The van der Waals surface area contributed by atoms with Crippen LogP contribution in [0.15, 0.2) is 61.2 Å². The summed E-state index contributed by atoms with van der Waals surface area (Å²) in [7, 11) is 0. The van der Waals surface area contributed by atoms with Crippen molar-refractivity contribution in [2.24, 2.45) is 0 Å². The Bertz CT molecular complexity index is 989. The van der Waals surface area contributed by atoms with Crippen molar-refractivity contribution in [2.45, 2.75) is 12.8 Å². The van der Waals surface area contributed by atoms with Crippen molar-refractivity contribution in [3.63, 3.8) is 0 Å². The van der Waals surface area contributed by atoms with Crippen LogP contribution in [-0.2, 0) is 11.2 Å². The van der Waals surface area contributed by atoms with Gasteiger partial charge in [-0.25, -0.2) is 9.67 Å². The van der Waals surface area contributed by atoms with Crippen LogP contribution in [0.3, 0.4) is 0 Å². The highest BCUT2D eigenvalue weighted by Gasteiger charge is 2.15. The minimum absolute atomic E-state index is 0.0193. The Morgan fingerprint density at radius 1 is 1.12 bits per heavy atom. The summed E-state index contributed by atoms with van der Waals surface area (Å²) in [6, 6.07) is 13.1. The minimum Gasteiger partial charge on any atom is -0.326 e. The van der Waals surface area contributed by atoms with Gasteiger partial charge in [0.1, 0.15) is 12.7 Å². The van der Waals surface area contributed by atoms with Crippen LogP contribution in [0.4, 0.5) is 5.69 Å². The molecule has 6 nitrogen and oxygen atoms in total. The van der Waals surface area contributed by atoms with Crippen LogP contribution in [0.2, 0.25) is 0 Å². The second-order valence-electron chi connectivity index (χ2n) is 6.05. The third kappa shape index (κ3) is 3.30. The molecule has 1 aromatic heterocycles. The first-order chi connectivity index (χ1) is 12.7. The molecular weight excluding hydrogens is 328 g/mol. The van der Waals surface area contributed by atoms with Gasteiger partial charge in [-0.05, 0) is 54.0 Å². The number of rotatable bonds is 4. The molecule has 0 radical (unpaired) electrons. The molecule has 4 rings (SSSR count). The van der Waals surface area contributed by atoms with E-state index in [-0.39, 0.29) is 11.7 Å². The standard InChI is InChI=1S/C20H16N4O2/c25-19(16-4-8-18-15(11-16)5-10-20(26)23-18)9-3-14-1-6-17(7-2-14)24-13-21-12-22-24/h1-4,6-9,11-13H,5,10H2,(H,23,26). The summed E-state index contributed by atoms with van der Waals surface area (Å²) in [5.74, 6) is -0.0455. The van der Waals surface area contributed by atoms with Crippen LogP contribution in [0, 0.1) is 0 Å². The minimum atomic E-state index is -0.0648. The van der Waals surface area contributed by atoms with E-state index >= 15 is 0 Å². The second-order valence-corrected chi connectivity index (χ2v) is 6.05. The van der Waals surface area contributed by atoms with E-state index in [4.69, 9.17) is 0 Å². The summed E-state index contributed by atoms with van der Waals surface area (Å²) >= 11 is 0. The van der Waals surface area contributed by atoms with E-state index in [0.717, 1.165) is 22.5 Å². The van der Waals surface area contributed by atoms with E-state index in [1.165, 1.54) is 6.33 Å². The normalized spacial score (nSPS) is 13.5. The summed E-state index contributed by atoms with van der Waals surface area (Å²) in [6.45, 7) is 0. The molecule has 1 amide bonds. The van der Waals surface area contributed by atoms with Gasteiger partial charge in [-0.1, -0.05) is 18.2 Å². The third-order valence-corrected chi connectivity index (χ3v) is 4.29. The molecule has 128 valence electrons. The van der Waals surface area contributed by atoms with Gasteiger partial charge in [0.25, 0.3) is 0 Å². The molecule has 1 N–H and O–H groups in total. The Balaban J connectivity index is 1.48. The lowest BCUT2D eigenvalue weighted by Crippen LogP contribution is -2.19. The van der Waals surface area contributed by atoms with Crippen molar-refractivity contribution >= 4 is 23.5 Å². The molecule has 1 aliphatic rings. The molecule has 0 bridgehead atoms. The number of hydrogen-bond donors (Lipinski definition) is 1. The number of aromatic nitrogens is 3. The SMILES string of the molecule is O=C1CCc2cc(C(=O)C=Cc3ccc(-n4cncn4)cc3)ccc2N1. The highest BCUT2D eigenvalue weighted by Crippen LogP contribution is 2.24. The van der Waals surface area contributed by atoms with Gasteiger partial charge in [0.15, 0.2) is 5.78 Å². The number of benzene rings is 2. The fourth-order valence-electron chi connectivity index (χ4n) is 2.88. The Morgan fingerprint density at radius 3 is 2.73 bits per heavy atom. The van der Waals surface area contributed by atoms with Gasteiger partial charge in [-0.2, -0.15) is 5.10 Å². The Morgan fingerprint density at radius 2 is 1.96 bits per heavy atom. The Hall–Kier alpha value is -3.54. The zero-order valence-electron chi connectivity index (χ0n) is 13.9. The zero-order valence-corrected chi connectivity index (χ0v) is 13.9.